The summed E-state index contributed by atoms with van der Waals surface area (Å²) in [5, 5.41) is 4.29. The predicted molar refractivity (Wildman–Crippen MR) is 118 cm³/mol. The Morgan fingerprint density at radius 2 is 2.17 bits per heavy atom. The first-order valence-electron chi connectivity index (χ1n) is 10.9. The number of hydrazine groups is 1. The largest absolute Gasteiger partial charge is 0.446 e. The molecule has 1 aliphatic heterocycles. The van der Waals surface area contributed by atoms with Crippen molar-refractivity contribution in [3.05, 3.63) is 58.8 Å². The van der Waals surface area contributed by atoms with Crippen LogP contribution in [0.4, 0.5) is 17.6 Å². The lowest BCUT2D eigenvalue weighted by Crippen LogP contribution is -2.53. The Bertz CT molecular complexity index is 1060. The average Bonchev–Trinajstić information content (AvgIpc) is 3.28. The highest BCUT2D eigenvalue weighted by Gasteiger charge is 2.31. The first-order valence-corrected chi connectivity index (χ1v) is 10.9. The fraction of sp³-hybridized carbons (Fsp3) is 0.455. The number of rotatable bonds is 9. The van der Waals surface area contributed by atoms with Crippen LogP contribution in [-0.2, 0) is 30.7 Å². The molecule has 13 heteroatoms. The van der Waals surface area contributed by atoms with Crippen molar-refractivity contribution in [1.29, 1.82) is 5.53 Å². The Balaban J connectivity index is 1.68. The molecular formula is C22H27F4N7O2. The van der Waals surface area contributed by atoms with E-state index < -0.39 is 18.4 Å². The first-order chi connectivity index (χ1) is 16.6. The Kier molecular flexibility index (Phi) is 8.57. The summed E-state index contributed by atoms with van der Waals surface area (Å²) in [6.45, 7) is 3.11. The molecule has 3 rings (SSSR count). The number of halogens is 4. The quantitative estimate of drug-likeness (QED) is 0.237. The van der Waals surface area contributed by atoms with Gasteiger partial charge in [-0.25, -0.2) is 19.9 Å². The lowest BCUT2D eigenvalue weighted by Gasteiger charge is -2.39. The second-order valence-corrected chi connectivity index (χ2v) is 8.11. The summed E-state index contributed by atoms with van der Waals surface area (Å²) in [7, 11) is 1.49. The number of nitrogens with one attached hydrogen (secondary N) is 2. The first kappa shape index (κ1) is 26.3. The summed E-state index contributed by atoms with van der Waals surface area (Å²) in [6.07, 6.45) is -0.290. The van der Waals surface area contributed by atoms with Crippen molar-refractivity contribution in [2.24, 2.45) is 5.22 Å². The van der Waals surface area contributed by atoms with Gasteiger partial charge in [0.05, 0.1) is 17.8 Å². The van der Waals surface area contributed by atoms with Crippen molar-refractivity contribution >= 4 is 12.0 Å². The van der Waals surface area contributed by atoms with Gasteiger partial charge in [0.15, 0.2) is 6.67 Å². The zero-order valence-corrected chi connectivity index (χ0v) is 19.3. The highest BCUT2D eigenvalue weighted by molar-refractivity contribution is 5.92. The van der Waals surface area contributed by atoms with Crippen LogP contribution < -0.4 is 5.43 Å². The Labute approximate surface area is 199 Å². The molecule has 0 aliphatic carbocycles. The highest BCUT2D eigenvalue weighted by Crippen LogP contribution is 2.31. The molecule has 2 N–H and O–H groups in total. The van der Waals surface area contributed by atoms with E-state index in [0.29, 0.717) is 37.4 Å². The van der Waals surface area contributed by atoms with Crippen LogP contribution in [0.2, 0.25) is 0 Å². The maximum atomic E-state index is 13.2. The smallest absolute Gasteiger partial charge is 0.416 e. The molecule has 35 heavy (non-hydrogen) atoms. The Hall–Kier alpha value is -3.32. The van der Waals surface area contributed by atoms with Gasteiger partial charge in [-0.05, 0) is 36.3 Å². The second-order valence-electron chi connectivity index (χ2n) is 8.11. The summed E-state index contributed by atoms with van der Waals surface area (Å²) in [5.74, 6) is -0.233. The number of benzene rings is 1. The second kappa shape index (κ2) is 11.4. The van der Waals surface area contributed by atoms with E-state index in [1.165, 1.54) is 31.5 Å². The van der Waals surface area contributed by atoms with E-state index in [1.54, 1.807) is 4.90 Å². The number of hydrogen-bond acceptors (Lipinski definition) is 7. The molecule has 0 saturated carbocycles. The molecule has 0 bridgehead atoms. The monoisotopic (exact) mass is 497 g/mol. The molecule has 190 valence electrons. The zero-order valence-electron chi connectivity index (χ0n) is 19.3. The van der Waals surface area contributed by atoms with Crippen molar-refractivity contribution in [2.75, 3.05) is 26.7 Å². The van der Waals surface area contributed by atoms with Gasteiger partial charge in [-0.1, -0.05) is 11.3 Å². The number of nitrogens with zero attached hydrogens (tertiary/aromatic N) is 5. The van der Waals surface area contributed by atoms with Gasteiger partial charge in [0.1, 0.15) is 6.26 Å². The predicted octanol–water partition coefficient (Wildman–Crippen LogP) is 3.79. The van der Waals surface area contributed by atoms with Crippen LogP contribution in [0, 0.1) is 5.53 Å². The summed E-state index contributed by atoms with van der Waals surface area (Å²) in [5.41, 5.74) is 10.2. The number of hydrogen-bond donors (Lipinski definition) is 2. The Morgan fingerprint density at radius 1 is 1.40 bits per heavy atom. The maximum Gasteiger partial charge on any atom is 0.416 e. The van der Waals surface area contributed by atoms with Crippen molar-refractivity contribution < 1.29 is 26.8 Å². The Morgan fingerprint density at radius 3 is 2.77 bits per heavy atom. The molecule has 0 radical (unpaired) electrons. The molecule has 0 unspecified atom stereocenters. The van der Waals surface area contributed by atoms with E-state index in [0.717, 1.165) is 17.3 Å². The lowest BCUT2D eigenvalue weighted by atomic mass is 10.0. The zero-order chi connectivity index (χ0) is 25.6. The standard InChI is InChI=1S/C22H27F4N7O2/c1-15-11-31(13-19-14-35-20(10-23)29-19)7-8-32(15)21(34)6-4-16-3-5-18(22(24,25)26)9-17(16)12-33(28-2)30-27/h3-6,9,14-15,27-28H,7-8,10-13H2,1-2H3/b6-4+,30-27?/t15-/m1/s1. The molecule has 1 saturated heterocycles. The summed E-state index contributed by atoms with van der Waals surface area (Å²) < 4.78 is 57.2. The SMILES string of the molecule is CNN(Cc1cc(C(F)(F)F)ccc1/C=C/C(=O)N1CCN(Cc2coc(CF)n2)C[C@H]1C)N=N. The van der Waals surface area contributed by atoms with Gasteiger partial charge in [-0.3, -0.25) is 9.69 Å². The van der Waals surface area contributed by atoms with Gasteiger partial charge in [0.25, 0.3) is 0 Å². The molecule has 9 nitrogen and oxygen atoms in total. The van der Waals surface area contributed by atoms with E-state index in [2.05, 4.69) is 20.5 Å². The third-order valence-electron chi connectivity index (χ3n) is 5.67. The molecule has 2 aromatic rings. The number of alkyl halides is 4. The van der Waals surface area contributed by atoms with Crippen LogP contribution in [0.1, 0.15) is 35.2 Å². The van der Waals surface area contributed by atoms with Gasteiger partial charge in [0.2, 0.25) is 11.8 Å². The molecule has 1 aromatic carbocycles. The van der Waals surface area contributed by atoms with Crippen molar-refractivity contribution in [1.82, 2.24) is 25.3 Å². The highest BCUT2D eigenvalue weighted by atomic mass is 19.4. The molecular weight excluding hydrogens is 470 g/mol. The molecule has 1 amide bonds. The number of carbonyl (C=O) groups excluding carboxylic acids is 1. The van der Waals surface area contributed by atoms with Gasteiger partial charge in [-0.15, -0.1) is 0 Å². The topological polar surface area (TPSA) is 101 Å². The van der Waals surface area contributed by atoms with Crippen LogP contribution >= 0.6 is 0 Å². The van der Waals surface area contributed by atoms with Gasteiger partial charge in [0, 0.05) is 45.3 Å². The van der Waals surface area contributed by atoms with E-state index in [9.17, 15) is 22.4 Å². The fourth-order valence-corrected chi connectivity index (χ4v) is 3.88. The normalized spacial score (nSPS) is 17.2. The maximum absolute atomic E-state index is 13.2. The molecule has 2 heterocycles. The third kappa shape index (κ3) is 6.85. The lowest BCUT2D eigenvalue weighted by molar-refractivity contribution is -0.137. The average molecular weight is 497 g/mol. The fourth-order valence-electron chi connectivity index (χ4n) is 3.88. The van der Waals surface area contributed by atoms with Crippen LogP contribution in [0.5, 0.6) is 0 Å². The van der Waals surface area contributed by atoms with E-state index >= 15 is 0 Å². The van der Waals surface area contributed by atoms with E-state index in [1.807, 2.05) is 6.92 Å². The van der Waals surface area contributed by atoms with Crippen molar-refractivity contribution in [2.45, 2.75) is 38.9 Å². The summed E-state index contributed by atoms with van der Waals surface area (Å²) >= 11 is 0. The summed E-state index contributed by atoms with van der Waals surface area (Å²) in [6, 6.07) is 3.11. The van der Waals surface area contributed by atoms with Crippen molar-refractivity contribution in [3.63, 3.8) is 0 Å². The minimum absolute atomic E-state index is 0.0314. The molecule has 1 fully saturated rings. The van der Waals surface area contributed by atoms with Crippen LogP contribution in [0.3, 0.4) is 0 Å². The minimum Gasteiger partial charge on any atom is -0.446 e. The van der Waals surface area contributed by atoms with Gasteiger partial charge >= 0.3 is 6.18 Å². The van der Waals surface area contributed by atoms with Crippen LogP contribution in [0.15, 0.2) is 40.2 Å². The molecule has 1 aliphatic rings. The molecule has 1 aromatic heterocycles. The van der Waals surface area contributed by atoms with Crippen LogP contribution in [0.25, 0.3) is 6.08 Å². The third-order valence-corrected chi connectivity index (χ3v) is 5.67. The summed E-state index contributed by atoms with van der Waals surface area (Å²) in [4.78, 5) is 20.7. The van der Waals surface area contributed by atoms with Crippen molar-refractivity contribution in [3.8, 4) is 0 Å². The number of carbonyl (C=O) groups is 1. The number of aromatic nitrogens is 1. The minimum atomic E-state index is -4.52. The number of oxazole rings is 1. The van der Waals surface area contributed by atoms with Gasteiger partial charge in [-0.2, -0.15) is 18.7 Å². The number of piperazine rings is 1. The van der Waals surface area contributed by atoms with Gasteiger partial charge < -0.3 is 9.32 Å². The molecule has 1 atom stereocenters. The van der Waals surface area contributed by atoms with E-state index in [-0.39, 0.29) is 29.9 Å². The molecule has 0 spiro atoms. The number of amides is 1. The van der Waals surface area contributed by atoms with Crippen LogP contribution in [-0.4, -0.2) is 58.5 Å². The van der Waals surface area contributed by atoms with E-state index in [4.69, 9.17) is 9.95 Å².